The summed E-state index contributed by atoms with van der Waals surface area (Å²) in [4.78, 5) is 3.81. The van der Waals surface area contributed by atoms with Gasteiger partial charge in [0.05, 0.1) is 17.2 Å². The van der Waals surface area contributed by atoms with Crippen molar-refractivity contribution in [3.05, 3.63) is 45.8 Å². The van der Waals surface area contributed by atoms with E-state index in [0.29, 0.717) is 11.1 Å². The minimum Gasteiger partial charge on any atom is -0.383 e. The van der Waals surface area contributed by atoms with E-state index in [1.807, 2.05) is 76.4 Å². The molecule has 0 aromatic heterocycles. The lowest BCUT2D eigenvalue weighted by atomic mass is 9.88. The fourth-order valence-corrected chi connectivity index (χ4v) is 2.22. The smallest absolute Gasteiger partial charge is 0.100 e. The largest absolute Gasteiger partial charge is 0.383 e. The average molecular weight is 294 g/mol. The minimum absolute atomic E-state index is 0.602. The van der Waals surface area contributed by atoms with E-state index in [2.05, 4.69) is 12.1 Å². The van der Waals surface area contributed by atoms with E-state index in [1.165, 1.54) is 0 Å². The molecule has 0 fully saturated rings. The first-order chi connectivity index (χ1) is 10.3. The summed E-state index contributed by atoms with van der Waals surface area (Å²) in [7, 11) is 7.68. The van der Waals surface area contributed by atoms with E-state index in [9.17, 15) is 10.5 Å². The molecular formula is C18H22N4. The number of rotatable bonds is 4. The average Bonchev–Trinajstić information content (AvgIpc) is 2.44. The van der Waals surface area contributed by atoms with Gasteiger partial charge in [-0.25, -0.2) is 0 Å². The quantitative estimate of drug-likeness (QED) is 0.856. The van der Waals surface area contributed by atoms with Crippen LogP contribution in [0.3, 0.4) is 0 Å². The van der Waals surface area contributed by atoms with E-state index in [0.717, 1.165) is 22.3 Å². The summed E-state index contributed by atoms with van der Waals surface area (Å²) in [5.74, 6) is 0. The predicted molar refractivity (Wildman–Crippen MR) is 90.8 cm³/mol. The van der Waals surface area contributed by atoms with Crippen LogP contribution >= 0.6 is 0 Å². The molecule has 0 aliphatic carbocycles. The van der Waals surface area contributed by atoms with Crippen LogP contribution < -0.4 is 0 Å². The lowest BCUT2D eigenvalue weighted by molar-refractivity contribution is 0.567. The SMILES string of the molecule is Cc1c(C#N)c(C)c(/C=C/N(C)C)c(C#N)c1/C=C/N(C)C. The molecule has 0 unspecified atom stereocenters. The Morgan fingerprint density at radius 3 is 1.36 bits per heavy atom. The van der Waals surface area contributed by atoms with Crippen LogP contribution in [0.25, 0.3) is 12.2 Å². The summed E-state index contributed by atoms with van der Waals surface area (Å²) in [6.45, 7) is 3.78. The third-order valence-electron chi connectivity index (χ3n) is 3.40. The van der Waals surface area contributed by atoms with Gasteiger partial charge in [0.1, 0.15) is 6.07 Å². The van der Waals surface area contributed by atoms with Gasteiger partial charge in [0.25, 0.3) is 0 Å². The Morgan fingerprint density at radius 2 is 1.09 bits per heavy atom. The second kappa shape index (κ2) is 7.33. The van der Waals surface area contributed by atoms with Gasteiger partial charge < -0.3 is 9.80 Å². The molecule has 0 saturated heterocycles. The van der Waals surface area contributed by atoms with Gasteiger partial charge in [-0.15, -0.1) is 0 Å². The van der Waals surface area contributed by atoms with Crippen molar-refractivity contribution < 1.29 is 0 Å². The maximum atomic E-state index is 9.61. The Bertz CT molecular complexity index is 650. The van der Waals surface area contributed by atoms with Crippen molar-refractivity contribution in [2.45, 2.75) is 13.8 Å². The van der Waals surface area contributed by atoms with E-state index in [1.54, 1.807) is 0 Å². The van der Waals surface area contributed by atoms with Gasteiger partial charge in [-0.3, -0.25) is 0 Å². The zero-order valence-corrected chi connectivity index (χ0v) is 14.1. The number of hydrogen-bond donors (Lipinski definition) is 0. The van der Waals surface area contributed by atoms with Crippen LogP contribution in [0.5, 0.6) is 0 Å². The number of nitrogens with zero attached hydrogens (tertiary/aromatic N) is 4. The van der Waals surface area contributed by atoms with Crippen molar-refractivity contribution in [2.75, 3.05) is 28.2 Å². The molecule has 1 aromatic carbocycles. The maximum absolute atomic E-state index is 9.61. The zero-order valence-electron chi connectivity index (χ0n) is 14.1. The van der Waals surface area contributed by atoms with Crippen LogP contribution in [0.15, 0.2) is 12.4 Å². The third kappa shape index (κ3) is 3.68. The first-order valence-electron chi connectivity index (χ1n) is 7.00. The first-order valence-corrected chi connectivity index (χ1v) is 7.00. The maximum Gasteiger partial charge on any atom is 0.100 e. The molecule has 0 heterocycles. The van der Waals surface area contributed by atoms with Gasteiger partial charge in [0.15, 0.2) is 0 Å². The summed E-state index contributed by atoms with van der Waals surface area (Å²) in [5.41, 5.74) is 4.53. The van der Waals surface area contributed by atoms with E-state index in [4.69, 9.17) is 0 Å². The highest BCUT2D eigenvalue weighted by molar-refractivity contribution is 5.75. The van der Waals surface area contributed by atoms with Crippen LogP contribution in [0, 0.1) is 36.5 Å². The van der Waals surface area contributed by atoms with E-state index < -0.39 is 0 Å². The molecule has 0 saturated carbocycles. The lowest BCUT2D eigenvalue weighted by Gasteiger charge is -2.15. The number of benzene rings is 1. The van der Waals surface area contributed by atoms with Crippen molar-refractivity contribution in [2.24, 2.45) is 0 Å². The zero-order chi connectivity index (χ0) is 16.9. The Morgan fingerprint density at radius 1 is 0.727 bits per heavy atom. The van der Waals surface area contributed by atoms with Gasteiger partial charge in [-0.05, 0) is 60.7 Å². The first kappa shape index (κ1) is 17.3. The second-order valence-corrected chi connectivity index (χ2v) is 5.61. The monoisotopic (exact) mass is 294 g/mol. The van der Waals surface area contributed by atoms with Gasteiger partial charge in [0.2, 0.25) is 0 Å². The molecule has 0 bridgehead atoms. The van der Waals surface area contributed by atoms with Gasteiger partial charge in [-0.1, -0.05) is 0 Å². The molecule has 114 valence electrons. The van der Waals surface area contributed by atoms with Crippen LogP contribution in [-0.2, 0) is 0 Å². The fraction of sp³-hybridized carbons (Fsp3) is 0.333. The Labute approximate surface area is 133 Å². The standard InChI is InChI=1S/C18H22N4/c1-13-15(7-9-21(3)4)18(12-20)16(8-10-22(5)6)14(2)17(13)11-19/h7-10H,1-6H3/b9-7+,10-8+. The van der Waals surface area contributed by atoms with Crippen LogP contribution in [0.4, 0.5) is 0 Å². The normalized spacial score (nSPS) is 10.7. The Hall–Kier alpha value is -2.72. The van der Waals surface area contributed by atoms with Crippen LogP contribution in [0.2, 0.25) is 0 Å². The molecule has 22 heavy (non-hydrogen) atoms. The van der Waals surface area contributed by atoms with Crippen LogP contribution in [-0.4, -0.2) is 38.0 Å². The molecule has 0 N–H and O–H groups in total. The van der Waals surface area contributed by atoms with Gasteiger partial charge in [-0.2, -0.15) is 10.5 Å². The third-order valence-corrected chi connectivity index (χ3v) is 3.40. The molecule has 0 aliphatic heterocycles. The van der Waals surface area contributed by atoms with Crippen molar-refractivity contribution in [1.29, 1.82) is 10.5 Å². The fourth-order valence-electron chi connectivity index (χ4n) is 2.22. The highest BCUT2D eigenvalue weighted by Gasteiger charge is 2.16. The molecule has 0 radical (unpaired) electrons. The highest BCUT2D eigenvalue weighted by Crippen LogP contribution is 2.29. The molecule has 1 aromatic rings. The molecule has 0 atom stereocenters. The summed E-state index contributed by atoms with van der Waals surface area (Å²) in [6, 6.07) is 4.56. The highest BCUT2D eigenvalue weighted by atomic mass is 15.0. The topological polar surface area (TPSA) is 54.1 Å². The Kier molecular flexibility index (Phi) is 5.78. The molecule has 0 amide bonds. The summed E-state index contributed by atoms with van der Waals surface area (Å²) < 4.78 is 0. The molecule has 1 rings (SSSR count). The lowest BCUT2D eigenvalue weighted by Crippen LogP contribution is -2.05. The number of nitriles is 2. The Balaban J connectivity index is 3.74. The summed E-state index contributed by atoms with van der Waals surface area (Å²) in [5, 5.41) is 19.1. The van der Waals surface area contributed by atoms with Crippen molar-refractivity contribution >= 4 is 12.2 Å². The molecule has 0 spiro atoms. The second-order valence-electron chi connectivity index (χ2n) is 5.61. The van der Waals surface area contributed by atoms with Gasteiger partial charge in [0, 0.05) is 28.2 Å². The molecule has 4 nitrogen and oxygen atoms in total. The molecular weight excluding hydrogens is 272 g/mol. The number of hydrogen-bond acceptors (Lipinski definition) is 4. The molecule has 0 aliphatic rings. The van der Waals surface area contributed by atoms with E-state index in [-0.39, 0.29) is 0 Å². The van der Waals surface area contributed by atoms with Gasteiger partial charge >= 0.3 is 0 Å². The summed E-state index contributed by atoms with van der Waals surface area (Å²) in [6.07, 6.45) is 7.56. The summed E-state index contributed by atoms with van der Waals surface area (Å²) >= 11 is 0. The van der Waals surface area contributed by atoms with Crippen molar-refractivity contribution in [3.63, 3.8) is 0 Å². The van der Waals surface area contributed by atoms with E-state index >= 15 is 0 Å². The molecule has 4 heteroatoms. The predicted octanol–water partition coefficient (Wildman–Crippen LogP) is 3.11. The van der Waals surface area contributed by atoms with Crippen LogP contribution in [0.1, 0.15) is 33.4 Å². The van der Waals surface area contributed by atoms with Crippen molar-refractivity contribution in [1.82, 2.24) is 9.80 Å². The minimum atomic E-state index is 0.602. The van der Waals surface area contributed by atoms with Crippen molar-refractivity contribution in [3.8, 4) is 12.1 Å².